The van der Waals surface area contributed by atoms with Crippen LogP contribution < -0.4 is 29.1 Å². The molecule has 1 aliphatic heterocycles. The minimum atomic E-state index is -0.909. The van der Waals surface area contributed by atoms with E-state index in [0.717, 1.165) is 11.3 Å². The largest absolute Gasteiger partial charge is 0.493 e. The van der Waals surface area contributed by atoms with Crippen molar-refractivity contribution in [1.29, 1.82) is 0 Å². The van der Waals surface area contributed by atoms with E-state index in [1.54, 1.807) is 38.1 Å². The Morgan fingerprint density at radius 2 is 1.90 bits per heavy atom. The zero-order valence-electron chi connectivity index (χ0n) is 26.6. The Morgan fingerprint density at radius 3 is 2.54 bits per heavy atom. The molecule has 0 saturated carbocycles. The fourth-order valence-corrected chi connectivity index (χ4v) is 6.79. The van der Waals surface area contributed by atoms with Gasteiger partial charge in [0, 0.05) is 6.07 Å². The first kappa shape index (κ1) is 34.5. The van der Waals surface area contributed by atoms with Gasteiger partial charge in [-0.1, -0.05) is 29.5 Å². The van der Waals surface area contributed by atoms with Crippen molar-refractivity contribution < 1.29 is 33.1 Å². The molecule has 1 aromatic heterocycles. The lowest BCUT2D eigenvalue weighted by atomic mass is 9.95. The number of ether oxygens (including phenoxy) is 4. The minimum absolute atomic E-state index is 0.0171. The number of benzene rings is 3. The normalized spacial score (nSPS) is 14.4. The van der Waals surface area contributed by atoms with E-state index in [9.17, 15) is 24.1 Å². The van der Waals surface area contributed by atoms with Gasteiger partial charge in [0.05, 0.1) is 51.1 Å². The van der Waals surface area contributed by atoms with Crippen LogP contribution in [-0.4, -0.2) is 35.3 Å². The van der Waals surface area contributed by atoms with Gasteiger partial charge < -0.3 is 18.9 Å². The molecule has 0 saturated heterocycles. The average molecular weight is 741 g/mol. The summed E-state index contributed by atoms with van der Waals surface area (Å²) in [7, 11) is 1.50. The average Bonchev–Trinajstić information content (AvgIpc) is 3.34. The van der Waals surface area contributed by atoms with E-state index in [1.807, 2.05) is 13.8 Å². The number of nitro groups is 1. The van der Waals surface area contributed by atoms with E-state index in [0.29, 0.717) is 38.7 Å². The van der Waals surface area contributed by atoms with Crippen LogP contribution in [0.4, 0.5) is 10.1 Å². The highest BCUT2D eigenvalue weighted by Gasteiger charge is 2.34. The van der Waals surface area contributed by atoms with Gasteiger partial charge in [-0.25, -0.2) is 14.2 Å². The van der Waals surface area contributed by atoms with Crippen molar-refractivity contribution in [1.82, 2.24) is 4.57 Å². The van der Waals surface area contributed by atoms with Gasteiger partial charge in [-0.05, 0) is 96.7 Å². The molecule has 11 nitrogen and oxygen atoms in total. The molecule has 0 bridgehead atoms. The van der Waals surface area contributed by atoms with E-state index in [1.165, 1.54) is 48.1 Å². The number of allylic oxidation sites excluding steroid dienone is 1. The second kappa shape index (κ2) is 14.5. The third-order valence-electron chi connectivity index (χ3n) is 7.22. The number of methoxy groups -OCH3 is 1. The molecule has 14 heteroatoms. The zero-order valence-corrected chi connectivity index (χ0v) is 29.0. The Labute approximate surface area is 286 Å². The van der Waals surface area contributed by atoms with Gasteiger partial charge in [-0.3, -0.25) is 19.5 Å². The lowest BCUT2D eigenvalue weighted by Crippen LogP contribution is -2.40. The Morgan fingerprint density at radius 1 is 1.17 bits per heavy atom. The summed E-state index contributed by atoms with van der Waals surface area (Å²) in [5, 5.41) is 12.1. The second-order valence-corrected chi connectivity index (χ2v) is 12.8. The molecule has 0 aliphatic carbocycles. The first-order valence-electron chi connectivity index (χ1n) is 14.8. The van der Waals surface area contributed by atoms with Gasteiger partial charge in [0.1, 0.15) is 12.4 Å². The highest BCUT2D eigenvalue weighted by Crippen LogP contribution is 2.38. The van der Waals surface area contributed by atoms with Crippen molar-refractivity contribution in [3.8, 4) is 17.2 Å². The maximum absolute atomic E-state index is 14.1. The quantitative estimate of drug-likeness (QED) is 0.104. The van der Waals surface area contributed by atoms with Crippen LogP contribution in [0.5, 0.6) is 17.2 Å². The SMILES string of the molecule is CCOC(=O)C1=C(C)N=c2s/c(=C/c3cc(Br)c(OCc4ccc(F)cc4)c([N+](=O)[O-])c3)c(=O)n2[C@@H]1c1ccc(OC(C)C)c(OC)c1. The molecule has 1 aliphatic rings. The Bertz CT molecular complexity index is 2110. The minimum Gasteiger partial charge on any atom is -0.493 e. The molecule has 2 heterocycles. The van der Waals surface area contributed by atoms with Crippen LogP contribution in [0.25, 0.3) is 6.08 Å². The molecular weight excluding hydrogens is 709 g/mol. The van der Waals surface area contributed by atoms with Gasteiger partial charge in [-0.2, -0.15) is 0 Å². The van der Waals surface area contributed by atoms with Crippen molar-refractivity contribution in [3.05, 3.63) is 123 Å². The molecule has 0 unspecified atom stereocenters. The maximum atomic E-state index is 14.1. The number of thiazole rings is 1. The summed E-state index contributed by atoms with van der Waals surface area (Å²) in [5.41, 5.74) is 1.31. The standard InChI is InChI=1S/C34H31BrFN3O8S/c1-6-45-33(41)29-19(4)37-34-38(30(29)22-9-12-26(47-18(2)3)27(16-22)44-5)32(40)28(48-34)15-21-13-24(35)31(25(14-21)39(42)43)46-17-20-7-10-23(36)11-8-20/h7-16,18,30H,6,17H2,1-5H3/b28-15+/t30-/m1/s1. The number of hydrogen-bond donors (Lipinski definition) is 0. The number of hydrogen-bond acceptors (Lipinski definition) is 10. The monoisotopic (exact) mass is 739 g/mol. The molecule has 0 amide bonds. The lowest BCUT2D eigenvalue weighted by Gasteiger charge is -2.25. The molecule has 0 N–H and O–H groups in total. The van der Waals surface area contributed by atoms with E-state index >= 15 is 0 Å². The van der Waals surface area contributed by atoms with Crippen LogP contribution in [0.15, 0.2) is 80.1 Å². The number of esters is 1. The molecule has 1 atom stereocenters. The third kappa shape index (κ3) is 7.19. The summed E-state index contributed by atoms with van der Waals surface area (Å²) in [6, 6.07) is 12.8. The summed E-state index contributed by atoms with van der Waals surface area (Å²) < 4.78 is 37.8. The second-order valence-electron chi connectivity index (χ2n) is 10.9. The number of carbonyl (C=O) groups excluding carboxylic acids is 1. The highest BCUT2D eigenvalue weighted by atomic mass is 79.9. The van der Waals surface area contributed by atoms with Crippen LogP contribution in [0.3, 0.4) is 0 Å². The van der Waals surface area contributed by atoms with Crippen LogP contribution in [0.2, 0.25) is 0 Å². The summed E-state index contributed by atoms with van der Waals surface area (Å²) in [6.07, 6.45) is 1.40. The van der Waals surface area contributed by atoms with Gasteiger partial charge in [0.2, 0.25) is 5.75 Å². The number of aromatic nitrogens is 1. The predicted octanol–water partition coefficient (Wildman–Crippen LogP) is 5.98. The molecule has 250 valence electrons. The summed E-state index contributed by atoms with van der Waals surface area (Å²) in [5.74, 6) is -0.126. The van der Waals surface area contributed by atoms with Crippen molar-refractivity contribution in [3.63, 3.8) is 0 Å². The Kier molecular flexibility index (Phi) is 10.4. The van der Waals surface area contributed by atoms with Gasteiger partial charge in [0.25, 0.3) is 5.56 Å². The van der Waals surface area contributed by atoms with Gasteiger partial charge in [0.15, 0.2) is 16.3 Å². The van der Waals surface area contributed by atoms with Gasteiger partial charge >= 0.3 is 11.7 Å². The van der Waals surface area contributed by atoms with E-state index in [4.69, 9.17) is 18.9 Å². The number of fused-ring (bicyclic) bond motifs is 1. The molecule has 48 heavy (non-hydrogen) atoms. The van der Waals surface area contributed by atoms with Crippen molar-refractivity contribution in [2.24, 2.45) is 4.99 Å². The molecule has 0 spiro atoms. The fraction of sp³-hybridized carbons (Fsp3) is 0.265. The Hall–Kier alpha value is -4.82. The number of rotatable bonds is 11. The van der Waals surface area contributed by atoms with Crippen LogP contribution >= 0.6 is 27.3 Å². The summed E-state index contributed by atoms with van der Waals surface area (Å²) in [6.45, 7) is 7.23. The van der Waals surface area contributed by atoms with Gasteiger partial charge in [-0.15, -0.1) is 0 Å². The summed E-state index contributed by atoms with van der Waals surface area (Å²) in [4.78, 5) is 43.8. The zero-order chi connectivity index (χ0) is 34.7. The number of halogens is 2. The van der Waals surface area contributed by atoms with Crippen molar-refractivity contribution in [2.75, 3.05) is 13.7 Å². The molecule has 4 aromatic rings. The number of nitro benzene ring substituents is 1. The lowest BCUT2D eigenvalue weighted by molar-refractivity contribution is -0.386. The topological polar surface area (TPSA) is 131 Å². The van der Waals surface area contributed by atoms with Crippen molar-refractivity contribution >= 4 is 45.0 Å². The van der Waals surface area contributed by atoms with Crippen LogP contribution in [-0.2, 0) is 16.1 Å². The molecular formula is C34H31BrFN3O8S. The molecule has 5 rings (SSSR count). The molecule has 0 fully saturated rings. The number of carbonyl (C=O) groups is 1. The first-order valence-corrected chi connectivity index (χ1v) is 16.4. The summed E-state index contributed by atoms with van der Waals surface area (Å²) >= 11 is 4.45. The van der Waals surface area contributed by atoms with Crippen LogP contribution in [0.1, 0.15) is 50.4 Å². The highest BCUT2D eigenvalue weighted by molar-refractivity contribution is 9.10. The first-order chi connectivity index (χ1) is 22.9. The molecule has 3 aromatic carbocycles. The van der Waals surface area contributed by atoms with E-state index in [-0.39, 0.29) is 45.3 Å². The Balaban J connectivity index is 1.61. The van der Waals surface area contributed by atoms with E-state index < -0.39 is 28.3 Å². The van der Waals surface area contributed by atoms with Crippen molar-refractivity contribution in [2.45, 2.75) is 46.4 Å². The smallest absolute Gasteiger partial charge is 0.338 e. The predicted molar refractivity (Wildman–Crippen MR) is 181 cm³/mol. The molecule has 0 radical (unpaired) electrons. The number of nitrogens with zero attached hydrogens (tertiary/aromatic N) is 3. The van der Waals surface area contributed by atoms with E-state index in [2.05, 4.69) is 20.9 Å². The fourth-order valence-electron chi connectivity index (χ4n) is 5.16. The maximum Gasteiger partial charge on any atom is 0.338 e. The van der Waals surface area contributed by atoms with Crippen LogP contribution in [0, 0.1) is 15.9 Å². The third-order valence-corrected chi connectivity index (χ3v) is 8.79.